The van der Waals surface area contributed by atoms with Gasteiger partial charge < -0.3 is 10.0 Å². The molecule has 1 unspecified atom stereocenters. The van der Waals surface area contributed by atoms with E-state index in [1.807, 2.05) is 18.7 Å². The fourth-order valence-electron chi connectivity index (χ4n) is 2.15. The molecule has 1 N–H and O–H groups in total. The second-order valence-corrected chi connectivity index (χ2v) is 5.25. The second-order valence-electron chi connectivity index (χ2n) is 5.25. The van der Waals surface area contributed by atoms with Crippen molar-refractivity contribution < 1.29 is 14.7 Å². The Labute approximate surface area is 122 Å². The third kappa shape index (κ3) is 7.48. The van der Waals surface area contributed by atoms with E-state index in [1.54, 1.807) is 11.8 Å². The number of carbonyl (C=O) groups is 2. The van der Waals surface area contributed by atoms with Crippen molar-refractivity contribution in [3.63, 3.8) is 0 Å². The van der Waals surface area contributed by atoms with Crippen LogP contribution in [0, 0.1) is 5.92 Å². The van der Waals surface area contributed by atoms with Crippen molar-refractivity contribution in [2.45, 2.75) is 47.0 Å². The molecule has 0 aliphatic carbocycles. The van der Waals surface area contributed by atoms with Crippen molar-refractivity contribution in [3.8, 4) is 0 Å². The van der Waals surface area contributed by atoms with Crippen LogP contribution in [0.4, 0.5) is 0 Å². The third-order valence-corrected chi connectivity index (χ3v) is 3.51. The monoisotopic (exact) mass is 286 g/mol. The first kappa shape index (κ1) is 18.9. The first-order valence-corrected chi connectivity index (χ1v) is 7.69. The molecule has 0 saturated heterocycles. The average molecular weight is 286 g/mol. The summed E-state index contributed by atoms with van der Waals surface area (Å²) in [5, 5.41) is 9.02. The molecule has 0 aromatic carbocycles. The Balaban J connectivity index is 4.50. The lowest BCUT2D eigenvalue weighted by molar-refractivity contribution is -0.142. The maximum absolute atomic E-state index is 12.1. The topological polar surface area (TPSA) is 60.9 Å². The summed E-state index contributed by atoms with van der Waals surface area (Å²) in [6, 6.07) is 0. The van der Waals surface area contributed by atoms with Gasteiger partial charge in [-0.2, -0.15) is 0 Å². The summed E-state index contributed by atoms with van der Waals surface area (Å²) >= 11 is 0. The van der Waals surface area contributed by atoms with Gasteiger partial charge in [0.2, 0.25) is 5.91 Å². The van der Waals surface area contributed by atoms with Crippen molar-refractivity contribution in [2.75, 3.05) is 32.7 Å². The number of aliphatic carboxylic acids is 1. The Morgan fingerprint density at radius 2 is 1.70 bits per heavy atom. The summed E-state index contributed by atoms with van der Waals surface area (Å²) in [5.74, 6) is -1.16. The number of unbranched alkanes of at least 4 members (excludes halogenated alkanes) is 2. The largest absolute Gasteiger partial charge is 0.481 e. The predicted molar refractivity (Wildman–Crippen MR) is 80.7 cm³/mol. The van der Waals surface area contributed by atoms with E-state index in [2.05, 4.69) is 6.92 Å². The van der Waals surface area contributed by atoms with Crippen LogP contribution >= 0.6 is 0 Å². The molecule has 5 heteroatoms. The highest BCUT2D eigenvalue weighted by Gasteiger charge is 2.19. The molecular weight excluding hydrogens is 256 g/mol. The molecule has 0 spiro atoms. The highest BCUT2D eigenvalue weighted by molar-refractivity contribution is 5.78. The molecule has 0 aromatic rings. The number of amides is 1. The number of carbonyl (C=O) groups excluding carboxylic acids is 1. The van der Waals surface area contributed by atoms with Gasteiger partial charge in [0, 0.05) is 19.6 Å². The molecule has 0 fully saturated rings. The van der Waals surface area contributed by atoms with Crippen molar-refractivity contribution >= 4 is 11.9 Å². The first-order chi connectivity index (χ1) is 9.46. The lowest BCUT2D eigenvalue weighted by Crippen LogP contribution is -2.42. The van der Waals surface area contributed by atoms with Crippen LogP contribution in [0.25, 0.3) is 0 Å². The van der Waals surface area contributed by atoms with Gasteiger partial charge in [-0.05, 0) is 26.8 Å². The van der Waals surface area contributed by atoms with E-state index in [0.29, 0.717) is 26.2 Å². The summed E-state index contributed by atoms with van der Waals surface area (Å²) < 4.78 is 0. The van der Waals surface area contributed by atoms with Gasteiger partial charge in [0.25, 0.3) is 0 Å². The van der Waals surface area contributed by atoms with Crippen molar-refractivity contribution in [1.82, 2.24) is 9.80 Å². The second kappa shape index (κ2) is 10.7. The Bertz CT molecular complexity index is 291. The molecule has 20 heavy (non-hydrogen) atoms. The predicted octanol–water partition coefficient (Wildman–Crippen LogP) is 2.07. The summed E-state index contributed by atoms with van der Waals surface area (Å²) in [6.07, 6.45) is 3.23. The normalized spacial score (nSPS) is 12.4. The zero-order valence-corrected chi connectivity index (χ0v) is 13.4. The van der Waals surface area contributed by atoms with E-state index >= 15 is 0 Å². The summed E-state index contributed by atoms with van der Waals surface area (Å²) in [6.45, 7) is 10.7. The van der Waals surface area contributed by atoms with E-state index in [1.165, 1.54) is 0 Å². The van der Waals surface area contributed by atoms with Crippen LogP contribution in [0.1, 0.15) is 47.0 Å². The Kier molecular flexibility index (Phi) is 10.1. The molecule has 0 radical (unpaired) electrons. The number of rotatable bonds is 11. The summed E-state index contributed by atoms with van der Waals surface area (Å²) in [5.41, 5.74) is 0. The Hall–Kier alpha value is -1.10. The third-order valence-electron chi connectivity index (χ3n) is 3.51. The number of carboxylic acid groups (broad SMARTS) is 1. The van der Waals surface area contributed by atoms with Gasteiger partial charge in [0.15, 0.2) is 0 Å². The highest BCUT2D eigenvalue weighted by atomic mass is 16.4. The zero-order chi connectivity index (χ0) is 15.5. The minimum atomic E-state index is -0.805. The SMILES string of the molecule is CCCCCN(CC(=O)N(CC)CC)CC(C)C(=O)O. The van der Waals surface area contributed by atoms with Gasteiger partial charge in [-0.3, -0.25) is 14.5 Å². The number of likely N-dealkylation sites (N-methyl/N-ethyl adjacent to an activating group) is 1. The first-order valence-electron chi connectivity index (χ1n) is 7.69. The lowest BCUT2D eigenvalue weighted by atomic mass is 10.1. The maximum Gasteiger partial charge on any atom is 0.307 e. The molecule has 0 rings (SSSR count). The number of carboxylic acids is 1. The number of nitrogens with zero attached hydrogens (tertiary/aromatic N) is 2. The average Bonchev–Trinajstić information content (AvgIpc) is 2.40. The van der Waals surface area contributed by atoms with E-state index in [0.717, 1.165) is 25.8 Å². The molecule has 0 aromatic heterocycles. The highest BCUT2D eigenvalue weighted by Crippen LogP contribution is 2.05. The molecule has 1 amide bonds. The molecule has 0 saturated carbocycles. The zero-order valence-electron chi connectivity index (χ0n) is 13.4. The van der Waals surface area contributed by atoms with Gasteiger partial charge in [-0.15, -0.1) is 0 Å². The Morgan fingerprint density at radius 3 is 2.15 bits per heavy atom. The molecule has 0 aliphatic heterocycles. The van der Waals surface area contributed by atoms with E-state index in [9.17, 15) is 9.59 Å². The van der Waals surface area contributed by atoms with Gasteiger partial charge in [-0.1, -0.05) is 26.7 Å². The van der Waals surface area contributed by atoms with Crippen LogP contribution in [0.5, 0.6) is 0 Å². The van der Waals surface area contributed by atoms with E-state index < -0.39 is 11.9 Å². The standard InChI is InChI=1S/C15H30N2O3/c1-5-8-9-10-16(11-13(4)15(19)20)12-14(18)17(6-2)7-3/h13H,5-12H2,1-4H3,(H,19,20). The minimum Gasteiger partial charge on any atom is -0.481 e. The van der Waals surface area contributed by atoms with Crippen LogP contribution in [0.15, 0.2) is 0 Å². The van der Waals surface area contributed by atoms with Crippen molar-refractivity contribution in [2.24, 2.45) is 5.92 Å². The fraction of sp³-hybridized carbons (Fsp3) is 0.867. The van der Waals surface area contributed by atoms with Crippen LogP contribution < -0.4 is 0 Å². The Morgan fingerprint density at radius 1 is 1.10 bits per heavy atom. The molecule has 0 heterocycles. The van der Waals surface area contributed by atoms with Crippen LogP contribution in [-0.2, 0) is 9.59 Å². The fourth-order valence-corrected chi connectivity index (χ4v) is 2.15. The van der Waals surface area contributed by atoms with Crippen LogP contribution in [0.2, 0.25) is 0 Å². The summed E-state index contributed by atoms with van der Waals surface area (Å²) in [4.78, 5) is 26.9. The molecular formula is C15H30N2O3. The summed E-state index contributed by atoms with van der Waals surface area (Å²) in [7, 11) is 0. The van der Waals surface area contributed by atoms with Crippen LogP contribution in [-0.4, -0.2) is 59.5 Å². The van der Waals surface area contributed by atoms with Crippen molar-refractivity contribution in [1.29, 1.82) is 0 Å². The van der Waals surface area contributed by atoms with Gasteiger partial charge in [-0.25, -0.2) is 0 Å². The molecule has 118 valence electrons. The smallest absolute Gasteiger partial charge is 0.307 e. The van der Waals surface area contributed by atoms with E-state index in [-0.39, 0.29) is 5.91 Å². The van der Waals surface area contributed by atoms with E-state index in [4.69, 9.17) is 5.11 Å². The molecule has 5 nitrogen and oxygen atoms in total. The lowest BCUT2D eigenvalue weighted by Gasteiger charge is -2.27. The van der Waals surface area contributed by atoms with Gasteiger partial charge in [0.05, 0.1) is 12.5 Å². The molecule has 1 atom stereocenters. The quantitative estimate of drug-likeness (QED) is 0.591. The minimum absolute atomic E-state index is 0.0871. The van der Waals surface area contributed by atoms with Crippen LogP contribution in [0.3, 0.4) is 0 Å². The van der Waals surface area contributed by atoms with Crippen molar-refractivity contribution in [3.05, 3.63) is 0 Å². The van der Waals surface area contributed by atoms with Gasteiger partial charge in [0.1, 0.15) is 0 Å². The number of hydrogen-bond acceptors (Lipinski definition) is 3. The number of hydrogen-bond donors (Lipinski definition) is 1. The molecule has 0 aliphatic rings. The molecule has 0 bridgehead atoms. The maximum atomic E-state index is 12.1. The van der Waals surface area contributed by atoms with Gasteiger partial charge >= 0.3 is 5.97 Å².